The average Bonchev–Trinajstić information content (AvgIpc) is 3.23. The predicted octanol–water partition coefficient (Wildman–Crippen LogP) is 6.95. The number of methoxy groups -OCH3 is 1. The first-order chi connectivity index (χ1) is 18.9. The molecule has 2 heterocycles. The molecule has 8 nitrogen and oxygen atoms in total. The normalized spacial score (nSPS) is 10.9. The van der Waals surface area contributed by atoms with Gasteiger partial charge in [-0.25, -0.2) is 9.78 Å². The van der Waals surface area contributed by atoms with E-state index in [-0.39, 0.29) is 18.5 Å². The molecule has 0 radical (unpaired) electrons. The molecule has 0 atom stereocenters. The van der Waals surface area contributed by atoms with E-state index in [4.69, 9.17) is 19.9 Å². The Labute approximate surface area is 227 Å². The van der Waals surface area contributed by atoms with Gasteiger partial charge in [0.25, 0.3) is 0 Å². The molecule has 39 heavy (non-hydrogen) atoms. The number of nitrogens with zero attached hydrogens (tertiary/aromatic N) is 2. The molecule has 0 saturated carbocycles. The number of benzene rings is 3. The van der Waals surface area contributed by atoms with Crippen molar-refractivity contribution in [3.63, 3.8) is 0 Å². The number of pyridine rings is 1. The number of aromatic nitrogens is 2. The molecular weight excluding hydrogens is 492 g/mol. The minimum Gasteiger partial charge on any atom is -0.497 e. The monoisotopic (exact) mass is 522 g/mol. The lowest BCUT2D eigenvalue weighted by Crippen LogP contribution is -2.07. The average molecular weight is 523 g/mol. The zero-order chi connectivity index (χ0) is 27.5. The number of anilines is 3. The maximum Gasteiger partial charge on any atom is 0.340 e. The number of rotatable bonds is 8. The van der Waals surface area contributed by atoms with Crippen molar-refractivity contribution < 1.29 is 19.0 Å². The van der Waals surface area contributed by atoms with Gasteiger partial charge in [-0.15, -0.1) is 0 Å². The summed E-state index contributed by atoms with van der Waals surface area (Å²) >= 11 is 0. The van der Waals surface area contributed by atoms with E-state index < -0.39 is 0 Å². The molecule has 0 aliphatic heterocycles. The topological polar surface area (TPSA) is 101 Å². The Kier molecular flexibility index (Phi) is 7.10. The van der Waals surface area contributed by atoms with Gasteiger partial charge in [0, 0.05) is 28.7 Å². The highest BCUT2D eigenvalue weighted by Crippen LogP contribution is 2.36. The maximum absolute atomic E-state index is 13.0. The number of nitrogens with one attached hydrogen (secondary N) is 1. The first kappa shape index (κ1) is 25.7. The summed E-state index contributed by atoms with van der Waals surface area (Å²) < 4.78 is 18.8. The van der Waals surface area contributed by atoms with Crippen molar-refractivity contribution in [3.05, 3.63) is 95.8 Å². The number of nitrogens with two attached hydrogens (primary N) is 1. The third kappa shape index (κ3) is 5.09. The zero-order valence-corrected chi connectivity index (χ0v) is 22.3. The van der Waals surface area contributed by atoms with E-state index in [2.05, 4.69) is 14.9 Å². The minimum atomic E-state index is -0.383. The van der Waals surface area contributed by atoms with Crippen molar-refractivity contribution in [2.24, 2.45) is 0 Å². The van der Waals surface area contributed by atoms with Crippen molar-refractivity contribution in [1.82, 2.24) is 9.55 Å². The van der Waals surface area contributed by atoms with Gasteiger partial charge in [0.15, 0.2) is 0 Å². The minimum absolute atomic E-state index is 0.250. The van der Waals surface area contributed by atoms with Crippen LogP contribution in [0.2, 0.25) is 0 Å². The SMILES string of the molecule is CCOC(=O)c1c(C)n(-c2ccc(C)cc2)c2ccc(Oc3nccc(Nc4ccc(OC)cc4)c3N)cc12. The molecule has 2 aromatic heterocycles. The number of hydrogen-bond acceptors (Lipinski definition) is 7. The molecule has 0 spiro atoms. The fraction of sp³-hybridized carbons (Fsp3) is 0.161. The lowest BCUT2D eigenvalue weighted by molar-refractivity contribution is 0.0527. The van der Waals surface area contributed by atoms with Gasteiger partial charge in [-0.05, 0) is 81.4 Å². The molecule has 198 valence electrons. The zero-order valence-electron chi connectivity index (χ0n) is 22.3. The second-order valence-electron chi connectivity index (χ2n) is 9.06. The number of nitrogen functional groups attached to an aromatic ring is 1. The van der Waals surface area contributed by atoms with Crippen LogP contribution in [0.5, 0.6) is 17.4 Å². The van der Waals surface area contributed by atoms with Crippen LogP contribution in [0.4, 0.5) is 17.1 Å². The smallest absolute Gasteiger partial charge is 0.340 e. The summed E-state index contributed by atoms with van der Waals surface area (Å²) in [5.41, 5.74) is 12.5. The van der Waals surface area contributed by atoms with Gasteiger partial charge < -0.3 is 29.8 Å². The summed E-state index contributed by atoms with van der Waals surface area (Å²) in [6.45, 7) is 6.03. The molecule has 0 aliphatic rings. The highest BCUT2D eigenvalue weighted by Gasteiger charge is 2.23. The number of aryl methyl sites for hydroxylation is 1. The number of carbonyl (C=O) groups excluding carboxylic acids is 1. The Morgan fingerprint density at radius 3 is 2.38 bits per heavy atom. The lowest BCUT2D eigenvalue weighted by atomic mass is 10.1. The van der Waals surface area contributed by atoms with Gasteiger partial charge in [0.2, 0.25) is 5.88 Å². The standard InChI is InChI=1S/C31H30N4O4/c1-5-38-31(36)28-20(3)35(22-10-6-19(2)7-11-22)27-15-14-24(18-25(27)28)39-30-29(32)26(16-17-33-30)34-21-8-12-23(37-4)13-9-21/h6-18H,5,32H2,1-4H3,(H,33,34). The van der Waals surface area contributed by atoms with E-state index >= 15 is 0 Å². The molecule has 0 amide bonds. The number of esters is 1. The van der Waals surface area contributed by atoms with Crippen molar-refractivity contribution in [2.75, 3.05) is 24.8 Å². The van der Waals surface area contributed by atoms with E-state index in [9.17, 15) is 4.79 Å². The summed E-state index contributed by atoms with van der Waals surface area (Å²) in [6, 6.07) is 23.0. The van der Waals surface area contributed by atoms with Gasteiger partial charge in [-0.2, -0.15) is 0 Å². The molecule has 0 bridgehead atoms. The quantitative estimate of drug-likeness (QED) is 0.213. The summed E-state index contributed by atoms with van der Waals surface area (Å²) in [6.07, 6.45) is 1.62. The Hall–Kier alpha value is -4.98. The summed E-state index contributed by atoms with van der Waals surface area (Å²) in [7, 11) is 1.62. The molecule has 0 unspecified atom stereocenters. The first-order valence-electron chi connectivity index (χ1n) is 12.6. The number of fused-ring (bicyclic) bond motifs is 1. The van der Waals surface area contributed by atoms with E-state index in [0.29, 0.717) is 22.7 Å². The molecule has 0 aliphatic carbocycles. The summed E-state index contributed by atoms with van der Waals surface area (Å²) in [5, 5.41) is 4.00. The molecule has 8 heteroatoms. The third-order valence-electron chi connectivity index (χ3n) is 6.48. The van der Waals surface area contributed by atoms with E-state index in [1.165, 1.54) is 0 Å². The van der Waals surface area contributed by atoms with Gasteiger partial charge in [0.05, 0.1) is 30.5 Å². The van der Waals surface area contributed by atoms with Crippen LogP contribution in [0.1, 0.15) is 28.5 Å². The van der Waals surface area contributed by atoms with Crippen LogP contribution >= 0.6 is 0 Å². The van der Waals surface area contributed by atoms with Gasteiger partial charge in [0.1, 0.15) is 17.2 Å². The summed E-state index contributed by atoms with van der Waals surface area (Å²) in [4.78, 5) is 17.4. The first-order valence-corrected chi connectivity index (χ1v) is 12.6. The van der Waals surface area contributed by atoms with Crippen LogP contribution in [0.25, 0.3) is 16.6 Å². The van der Waals surface area contributed by atoms with Gasteiger partial charge >= 0.3 is 5.97 Å². The van der Waals surface area contributed by atoms with Crippen LogP contribution in [0, 0.1) is 13.8 Å². The van der Waals surface area contributed by atoms with Crippen molar-refractivity contribution >= 4 is 33.9 Å². The Morgan fingerprint density at radius 1 is 0.974 bits per heavy atom. The fourth-order valence-electron chi connectivity index (χ4n) is 4.53. The third-order valence-corrected chi connectivity index (χ3v) is 6.48. The molecule has 3 N–H and O–H groups in total. The second-order valence-corrected chi connectivity index (χ2v) is 9.06. The molecule has 5 rings (SSSR count). The number of hydrogen-bond donors (Lipinski definition) is 2. The van der Waals surface area contributed by atoms with Gasteiger partial charge in [-0.3, -0.25) is 0 Å². The second kappa shape index (κ2) is 10.8. The van der Waals surface area contributed by atoms with Gasteiger partial charge in [-0.1, -0.05) is 17.7 Å². The summed E-state index contributed by atoms with van der Waals surface area (Å²) in [5.74, 6) is 1.12. The molecule has 0 fully saturated rings. The molecular formula is C31H30N4O4. The lowest BCUT2D eigenvalue weighted by Gasteiger charge is -2.13. The van der Waals surface area contributed by atoms with Crippen LogP contribution in [0.3, 0.4) is 0 Å². The Balaban J connectivity index is 1.52. The van der Waals surface area contributed by atoms with Crippen LogP contribution in [0.15, 0.2) is 79.0 Å². The Bertz CT molecular complexity index is 1640. The van der Waals surface area contributed by atoms with Crippen LogP contribution in [-0.2, 0) is 4.74 Å². The van der Waals surface area contributed by atoms with Crippen LogP contribution < -0.4 is 20.5 Å². The molecule has 5 aromatic rings. The van der Waals surface area contributed by atoms with E-state index in [0.717, 1.165) is 39.3 Å². The number of carbonyl (C=O) groups is 1. The molecule has 0 saturated heterocycles. The highest BCUT2D eigenvalue weighted by atomic mass is 16.5. The highest BCUT2D eigenvalue weighted by molar-refractivity contribution is 6.07. The van der Waals surface area contributed by atoms with Crippen molar-refractivity contribution in [1.29, 1.82) is 0 Å². The van der Waals surface area contributed by atoms with E-state index in [1.807, 2.05) is 80.6 Å². The van der Waals surface area contributed by atoms with Crippen molar-refractivity contribution in [2.45, 2.75) is 20.8 Å². The largest absolute Gasteiger partial charge is 0.497 e. The Morgan fingerprint density at radius 2 is 1.69 bits per heavy atom. The maximum atomic E-state index is 13.0. The van der Waals surface area contributed by atoms with Crippen molar-refractivity contribution in [3.8, 4) is 23.1 Å². The number of ether oxygens (including phenoxy) is 3. The van der Waals surface area contributed by atoms with Crippen LogP contribution in [-0.4, -0.2) is 29.2 Å². The fourth-order valence-corrected chi connectivity index (χ4v) is 4.53. The molecule has 3 aromatic carbocycles. The van der Waals surface area contributed by atoms with E-state index in [1.54, 1.807) is 26.3 Å². The predicted molar refractivity (Wildman–Crippen MR) is 154 cm³/mol.